The number of aromatic nitrogens is 2. The van der Waals surface area contributed by atoms with Crippen molar-refractivity contribution >= 4 is 16.7 Å². The van der Waals surface area contributed by atoms with Gasteiger partial charge in [-0.2, -0.15) is 10.4 Å². The van der Waals surface area contributed by atoms with Gasteiger partial charge >= 0.3 is 0 Å². The van der Waals surface area contributed by atoms with Gasteiger partial charge in [-0.05, 0) is 44.2 Å². The fraction of sp³-hybridized carbons (Fsp3) is 0.188. The van der Waals surface area contributed by atoms with Crippen LogP contribution in [0.25, 0.3) is 4.91 Å². The maximum atomic E-state index is 11.1. The molecule has 1 N–H and O–H groups in total. The molecule has 0 unspecified atom stereocenters. The van der Waals surface area contributed by atoms with E-state index in [1.165, 1.54) is 17.8 Å². The fourth-order valence-corrected chi connectivity index (χ4v) is 3.24. The van der Waals surface area contributed by atoms with Crippen LogP contribution >= 0.6 is 11.8 Å². The number of nitrogens with zero attached hydrogens (tertiary/aromatic N) is 2. The summed E-state index contributed by atoms with van der Waals surface area (Å²) in [4.78, 5) is 12.0. The summed E-state index contributed by atoms with van der Waals surface area (Å²) in [5.41, 5.74) is 0.739. The fourth-order valence-electron chi connectivity index (χ4n) is 2.17. The van der Waals surface area contributed by atoms with Crippen LogP contribution in [0.2, 0.25) is 0 Å². The quantitative estimate of drug-likeness (QED) is 0.922. The monoisotopic (exact) mass is 311 g/mol. The van der Waals surface area contributed by atoms with E-state index in [9.17, 15) is 4.79 Å². The predicted molar refractivity (Wildman–Crippen MR) is 84.6 cm³/mol. The zero-order valence-electron chi connectivity index (χ0n) is 12.1. The van der Waals surface area contributed by atoms with Crippen molar-refractivity contribution in [3.63, 3.8) is 0 Å². The lowest BCUT2D eigenvalue weighted by Crippen LogP contribution is -2.28. The van der Waals surface area contributed by atoms with Crippen LogP contribution in [-0.2, 0) is 0 Å². The van der Waals surface area contributed by atoms with Crippen molar-refractivity contribution in [2.24, 2.45) is 0 Å². The molecule has 2 heterocycles. The summed E-state index contributed by atoms with van der Waals surface area (Å²) in [6, 6.07) is 10.6. The Morgan fingerprint density at radius 1 is 1.32 bits per heavy atom. The minimum Gasteiger partial charge on any atom is -0.483 e. The van der Waals surface area contributed by atoms with Gasteiger partial charge in [-0.3, -0.25) is 4.79 Å². The van der Waals surface area contributed by atoms with Gasteiger partial charge in [-0.15, -0.1) is 0 Å². The van der Waals surface area contributed by atoms with Crippen LogP contribution < -0.4 is 10.3 Å². The van der Waals surface area contributed by atoms with Crippen LogP contribution in [0.4, 0.5) is 0 Å². The Labute approximate surface area is 131 Å². The zero-order valence-corrected chi connectivity index (χ0v) is 12.9. The zero-order chi connectivity index (χ0) is 15.7. The number of aromatic amines is 1. The van der Waals surface area contributed by atoms with Gasteiger partial charge in [0, 0.05) is 16.5 Å². The molecule has 110 valence electrons. The highest BCUT2D eigenvalue weighted by Gasteiger charge is 2.27. The number of ether oxygens (including phenoxy) is 1. The minimum atomic E-state index is -0.453. The third kappa shape index (κ3) is 2.90. The molecule has 2 aromatic rings. The lowest BCUT2D eigenvalue weighted by atomic mass is 10.0. The second-order valence-corrected chi connectivity index (χ2v) is 6.46. The van der Waals surface area contributed by atoms with Crippen LogP contribution in [0.3, 0.4) is 0 Å². The summed E-state index contributed by atoms with van der Waals surface area (Å²) in [6.45, 7) is 3.93. The Balaban J connectivity index is 2.05. The summed E-state index contributed by atoms with van der Waals surface area (Å²) in [5, 5.41) is 16.2. The van der Waals surface area contributed by atoms with Gasteiger partial charge in [0.1, 0.15) is 16.4 Å². The second kappa shape index (κ2) is 5.35. The number of H-pyrrole nitrogens is 1. The molecule has 0 bridgehead atoms. The van der Waals surface area contributed by atoms with E-state index in [-0.39, 0.29) is 5.56 Å². The summed E-state index contributed by atoms with van der Waals surface area (Å²) in [7, 11) is 0. The van der Waals surface area contributed by atoms with Crippen molar-refractivity contribution in [2.75, 3.05) is 0 Å². The van der Waals surface area contributed by atoms with Gasteiger partial charge in [0.2, 0.25) is 0 Å². The molecule has 1 aliphatic heterocycles. The molecule has 0 fully saturated rings. The second-order valence-electron chi connectivity index (χ2n) is 5.40. The Kier molecular flexibility index (Phi) is 3.51. The molecule has 0 saturated carbocycles. The standard InChI is InChI=1S/C16H13N3O2S/c1-16(2)8-13(22-15-6-5-14(20)18-19-15)11-7-10(9-17)3-4-12(11)21-16/h3-8H,1-2H3,(H,18,20). The molecule has 0 amide bonds. The van der Waals surface area contributed by atoms with Crippen molar-refractivity contribution < 1.29 is 4.74 Å². The molecular formula is C16H13N3O2S. The number of nitrogens with one attached hydrogen (secondary N) is 1. The first-order chi connectivity index (χ1) is 10.5. The number of thioether (sulfide) groups is 1. The van der Waals surface area contributed by atoms with Crippen molar-refractivity contribution in [1.82, 2.24) is 10.2 Å². The Hall–Kier alpha value is -2.52. The highest BCUT2D eigenvalue weighted by molar-refractivity contribution is 8.08. The smallest absolute Gasteiger partial charge is 0.264 e. The lowest BCUT2D eigenvalue weighted by molar-refractivity contribution is 0.158. The summed E-state index contributed by atoms with van der Waals surface area (Å²) < 4.78 is 5.93. The molecule has 22 heavy (non-hydrogen) atoms. The maximum absolute atomic E-state index is 11.1. The molecule has 0 spiro atoms. The van der Waals surface area contributed by atoms with Crippen molar-refractivity contribution in [3.05, 3.63) is 57.9 Å². The van der Waals surface area contributed by atoms with Crippen molar-refractivity contribution in [2.45, 2.75) is 24.5 Å². The predicted octanol–water partition coefficient (Wildman–Crippen LogP) is 2.95. The van der Waals surface area contributed by atoms with Gasteiger partial charge in [-0.1, -0.05) is 11.8 Å². The number of benzene rings is 1. The van der Waals surface area contributed by atoms with Crippen LogP contribution in [0.5, 0.6) is 5.75 Å². The highest BCUT2D eigenvalue weighted by Crippen LogP contribution is 2.43. The molecule has 1 aromatic carbocycles. The van der Waals surface area contributed by atoms with Crippen LogP contribution in [0, 0.1) is 11.3 Å². The maximum Gasteiger partial charge on any atom is 0.264 e. The first-order valence-electron chi connectivity index (χ1n) is 6.67. The van der Waals surface area contributed by atoms with Gasteiger partial charge in [-0.25, -0.2) is 5.10 Å². The molecule has 0 aliphatic carbocycles. The topological polar surface area (TPSA) is 78.8 Å². The van der Waals surface area contributed by atoms with E-state index in [0.29, 0.717) is 10.6 Å². The molecule has 0 saturated heterocycles. The number of fused-ring (bicyclic) bond motifs is 1. The Morgan fingerprint density at radius 2 is 2.14 bits per heavy atom. The Morgan fingerprint density at radius 3 is 2.82 bits per heavy atom. The van der Waals surface area contributed by atoms with Gasteiger partial charge in [0.25, 0.3) is 5.56 Å². The van der Waals surface area contributed by atoms with E-state index in [2.05, 4.69) is 16.3 Å². The number of rotatable bonds is 2. The van der Waals surface area contributed by atoms with E-state index in [4.69, 9.17) is 10.00 Å². The summed E-state index contributed by atoms with van der Waals surface area (Å²) in [5.74, 6) is 0.735. The van der Waals surface area contributed by atoms with E-state index < -0.39 is 5.60 Å². The number of hydrogen-bond acceptors (Lipinski definition) is 5. The lowest BCUT2D eigenvalue weighted by Gasteiger charge is -2.30. The molecular weight excluding hydrogens is 298 g/mol. The molecule has 1 aliphatic rings. The summed E-state index contributed by atoms with van der Waals surface area (Å²) >= 11 is 1.43. The average Bonchev–Trinajstić information content (AvgIpc) is 2.48. The van der Waals surface area contributed by atoms with E-state index >= 15 is 0 Å². The van der Waals surface area contributed by atoms with E-state index in [0.717, 1.165) is 16.2 Å². The SMILES string of the molecule is CC1(C)C=C(Sc2ccc(=O)[nH]n2)c2cc(C#N)ccc2O1. The molecule has 0 radical (unpaired) electrons. The normalized spacial score (nSPS) is 15.2. The van der Waals surface area contributed by atoms with Crippen molar-refractivity contribution in [3.8, 4) is 11.8 Å². The highest BCUT2D eigenvalue weighted by atomic mass is 32.2. The van der Waals surface area contributed by atoms with Crippen LogP contribution in [0.1, 0.15) is 25.0 Å². The third-order valence-corrected chi connectivity index (χ3v) is 4.09. The largest absolute Gasteiger partial charge is 0.483 e. The number of hydrogen-bond donors (Lipinski definition) is 1. The molecule has 5 nitrogen and oxygen atoms in total. The van der Waals surface area contributed by atoms with Gasteiger partial charge in [0.15, 0.2) is 0 Å². The third-order valence-electron chi connectivity index (χ3n) is 3.09. The average molecular weight is 311 g/mol. The summed E-state index contributed by atoms with van der Waals surface area (Å²) in [6.07, 6.45) is 1.99. The Bertz CT molecular complexity index is 842. The van der Waals surface area contributed by atoms with Gasteiger partial charge in [0.05, 0.1) is 11.6 Å². The first-order valence-corrected chi connectivity index (χ1v) is 7.48. The molecule has 6 heteroatoms. The van der Waals surface area contributed by atoms with Gasteiger partial charge < -0.3 is 4.74 Å². The molecule has 3 rings (SSSR count). The molecule has 1 aromatic heterocycles. The van der Waals surface area contributed by atoms with E-state index in [1.807, 2.05) is 26.0 Å². The van der Waals surface area contributed by atoms with Crippen molar-refractivity contribution in [1.29, 1.82) is 5.26 Å². The molecule has 0 atom stereocenters. The number of nitriles is 1. The van der Waals surface area contributed by atoms with Crippen LogP contribution in [-0.4, -0.2) is 15.8 Å². The minimum absolute atomic E-state index is 0.238. The van der Waals surface area contributed by atoms with E-state index in [1.54, 1.807) is 18.2 Å². The first kappa shape index (κ1) is 14.4. The van der Waals surface area contributed by atoms with Crippen LogP contribution in [0.15, 0.2) is 46.2 Å².